The number of esters is 1. The molecule has 2 N–H and O–H groups in total. The predicted octanol–water partition coefficient (Wildman–Crippen LogP) is 1.65. The average Bonchev–Trinajstić information content (AvgIpc) is 2.61. The Morgan fingerprint density at radius 3 is 2.60 bits per heavy atom. The van der Waals surface area contributed by atoms with Crippen LogP contribution in [0.5, 0.6) is 0 Å². The normalized spacial score (nSPS) is 25.3. The molecular formula is C11H12INO2. The quantitative estimate of drug-likeness (QED) is 0.667. The molecule has 4 heteroatoms. The van der Waals surface area contributed by atoms with Crippen LogP contribution in [0, 0.1) is 3.57 Å². The van der Waals surface area contributed by atoms with Crippen LogP contribution < -0.4 is 5.73 Å². The zero-order chi connectivity index (χ0) is 10.8. The molecule has 2 atom stereocenters. The molecule has 80 valence electrons. The van der Waals surface area contributed by atoms with Gasteiger partial charge in [-0.3, -0.25) is 4.79 Å². The number of nitrogens with two attached hydrogens (primary N) is 1. The minimum absolute atomic E-state index is 0.109. The Morgan fingerprint density at radius 2 is 2.07 bits per heavy atom. The number of carbonyl (C=O) groups excluding carboxylic acids is 1. The van der Waals surface area contributed by atoms with Gasteiger partial charge in [-0.05, 0) is 40.3 Å². The van der Waals surface area contributed by atoms with E-state index in [0.717, 1.165) is 9.13 Å². The molecular weight excluding hydrogens is 305 g/mol. The number of carbonyl (C=O) groups is 1. The summed E-state index contributed by atoms with van der Waals surface area (Å²) in [5.74, 6) is -0.276. The lowest BCUT2D eigenvalue weighted by Gasteiger charge is -2.05. The summed E-state index contributed by atoms with van der Waals surface area (Å²) in [6.07, 6.45) is 0.595. The summed E-state index contributed by atoms with van der Waals surface area (Å²) >= 11 is 2.24. The zero-order valence-electron chi connectivity index (χ0n) is 8.15. The highest BCUT2D eigenvalue weighted by atomic mass is 127. The first-order valence-electron chi connectivity index (χ1n) is 4.86. The Balaban J connectivity index is 2.18. The number of cyclic esters (lactones) is 1. The fourth-order valence-corrected chi connectivity index (χ4v) is 2.12. The van der Waals surface area contributed by atoms with E-state index < -0.39 is 0 Å². The van der Waals surface area contributed by atoms with Crippen LogP contribution in [-0.2, 0) is 9.53 Å². The number of hydrogen-bond acceptors (Lipinski definition) is 3. The highest BCUT2D eigenvalue weighted by Crippen LogP contribution is 2.30. The molecule has 0 amide bonds. The van der Waals surface area contributed by atoms with E-state index in [1.54, 1.807) is 0 Å². The van der Waals surface area contributed by atoms with Crippen molar-refractivity contribution in [3.63, 3.8) is 0 Å². The first-order chi connectivity index (χ1) is 7.20. The molecule has 0 aliphatic carbocycles. The van der Waals surface area contributed by atoms with Gasteiger partial charge in [-0.25, -0.2) is 0 Å². The van der Waals surface area contributed by atoms with Crippen LogP contribution >= 0.6 is 22.6 Å². The summed E-state index contributed by atoms with van der Waals surface area (Å²) in [6.45, 7) is 0.409. The molecule has 2 unspecified atom stereocenters. The van der Waals surface area contributed by atoms with Gasteiger partial charge in [-0.2, -0.15) is 0 Å². The molecule has 1 aromatic rings. The fraction of sp³-hybridized carbons (Fsp3) is 0.364. The van der Waals surface area contributed by atoms with E-state index in [9.17, 15) is 4.79 Å². The van der Waals surface area contributed by atoms with Crippen molar-refractivity contribution in [3.05, 3.63) is 33.4 Å². The van der Waals surface area contributed by atoms with Gasteiger partial charge in [0.05, 0.1) is 5.92 Å². The summed E-state index contributed by atoms with van der Waals surface area (Å²) < 4.78 is 6.31. The number of rotatable bonds is 2. The first-order valence-corrected chi connectivity index (χ1v) is 5.94. The van der Waals surface area contributed by atoms with Crippen molar-refractivity contribution < 1.29 is 9.53 Å². The third-order valence-electron chi connectivity index (χ3n) is 2.60. The maximum atomic E-state index is 11.5. The van der Waals surface area contributed by atoms with Crippen LogP contribution in [0.2, 0.25) is 0 Å². The van der Waals surface area contributed by atoms with Crippen LogP contribution in [0.3, 0.4) is 0 Å². The van der Waals surface area contributed by atoms with Crippen molar-refractivity contribution >= 4 is 28.6 Å². The van der Waals surface area contributed by atoms with E-state index in [1.165, 1.54) is 0 Å². The number of halogens is 1. The second-order valence-corrected chi connectivity index (χ2v) is 4.88. The maximum Gasteiger partial charge on any atom is 0.313 e. The molecule has 3 nitrogen and oxygen atoms in total. The summed E-state index contributed by atoms with van der Waals surface area (Å²) in [7, 11) is 0. The van der Waals surface area contributed by atoms with E-state index in [4.69, 9.17) is 10.5 Å². The van der Waals surface area contributed by atoms with Crippen LogP contribution in [-0.4, -0.2) is 18.6 Å². The second-order valence-electron chi connectivity index (χ2n) is 3.63. The minimum atomic E-state index is -0.147. The van der Waals surface area contributed by atoms with Crippen molar-refractivity contribution in [2.24, 2.45) is 5.73 Å². The highest BCUT2D eigenvalue weighted by molar-refractivity contribution is 14.1. The zero-order valence-corrected chi connectivity index (χ0v) is 10.3. The van der Waals surface area contributed by atoms with Gasteiger partial charge in [0.2, 0.25) is 0 Å². The van der Waals surface area contributed by atoms with Gasteiger partial charge in [0.1, 0.15) is 6.10 Å². The molecule has 1 heterocycles. The van der Waals surface area contributed by atoms with Crippen molar-refractivity contribution in [1.82, 2.24) is 0 Å². The molecule has 0 aromatic heterocycles. The van der Waals surface area contributed by atoms with Crippen molar-refractivity contribution in [2.75, 3.05) is 6.54 Å². The van der Waals surface area contributed by atoms with Gasteiger partial charge in [-0.1, -0.05) is 12.1 Å². The van der Waals surface area contributed by atoms with Gasteiger partial charge in [0, 0.05) is 16.5 Å². The largest absolute Gasteiger partial charge is 0.461 e. The van der Waals surface area contributed by atoms with Crippen molar-refractivity contribution in [1.29, 1.82) is 0 Å². The Bertz CT molecular complexity index is 363. The smallest absolute Gasteiger partial charge is 0.313 e. The van der Waals surface area contributed by atoms with Gasteiger partial charge in [0.25, 0.3) is 0 Å². The second kappa shape index (κ2) is 4.49. The third kappa shape index (κ3) is 2.31. The fourth-order valence-electron chi connectivity index (χ4n) is 1.77. The molecule has 0 saturated carbocycles. The third-order valence-corrected chi connectivity index (χ3v) is 3.32. The van der Waals surface area contributed by atoms with Gasteiger partial charge in [0.15, 0.2) is 0 Å². The van der Waals surface area contributed by atoms with E-state index >= 15 is 0 Å². The molecule has 1 aliphatic rings. The Kier molecular flexibility index (Phi) is 3.25. The topological polar surface area (TPSA) is 52.3 Å². The molecule has 0 spiro atoms. The summed E-state index contributed by atoms with van der Waals surface area (Å²) in [6, 6.07) is 7.96. The Morgan fingerprint density at radius 1 is 1.40 bits per heavy atom. The number of benzene rings is 1. The number of ether oxygens (including phenoxy) is 1. The monoisotopic (exact) mass is 317 g/mol. The van der Waals surface area contributed by atoms with Crippen LogP contribution in [0.4, 0.5) is 0 Å². The molecule has 15 heavy (non-hydrogen) atoms. The molecule has 1 saturated heterocycles. The van der Waals surface area contributed by atoms with Crippen LogP contribution in [0.15, 0.2) is 24.3 Å². The lowest BCUT2D eigenvalue weighted by atomic mass is 9.96. The standard InChI is InChI=1S/C11H12INO2/c12-8-3-1-7(2-4-8)10-5-9(6-13)15-11(10)14/h1-4,9-10H,5-6,13H2. The maximum absolute atomic E-state index is 11.5. The van der Waals surface area contributed by atoms with Gasteiger partial charge in [-0.15, -0.1) is 0 Å². The SMILES string of the molecule is NCC1CC(c2ccc(I)cc2)C(=O)O1. The van der Waals surface area contributed by atoms with Crippen molar-refractivity contribution in [3.8, 4) is 0 Å². The summed E-state index contributed by atoms with van der Waals surface area (Å²) in [4.78, 5) is 11.5. The predicted molar refractivity (Wildman–Crippen MR) is 65.5 cm³/mol. The first kappa shape index (κ1) is 10.9. The Labute approximate surface area is 102 Å². The summed E-state index contributed by atoms with van der Waals surface area (Å²) in [5, 5.41) is 0. The van der Waals surface area contributed by atoms with Crippen LogP contribution in [0.25, 0.3) is 0 Å². The minimum Gasteiger partial charge on any atom is -0.461 e. The van der Waals surface area contributed by atoms with E-state index in [0.29, 0.717) is 13.0 Å². The highest BCUT2D eigenvalue weighted by Gasteiger charge is 2.34. The van der Waals surface area contributed by atoms with E-state index in [-0.39, 0.29) is 18.0 Å². The molecule has 1 fully saturated rings. The molecule has 0 bridgehead atoms. The Hall–Kier alpha value is -0.620. The lowest BCUT2D eigenvalue weighted by molar-refractivity contribution is -0.142. The molecule has 2 rings (SSSR count). The molecule has 0 radical (unpaired) electrons. The molecule has 1 aromatic carbocycles. The average molecular weight is 317 g/mol. The summed E-state index contributed by atoms with van der Waals surface area (Å²) in [5.41, 5.74) is 6.51. The lowest BCUT2D eigenvalue weighted by Crippen LogP contribution is -2.18. The van der Waals surface area contributed by atoms with Gasteiger partial charge < -0.3 is 10.5 Å². The number of hydrogen-bond donors (Lipinski definition) is 1. The van der Waals surface area contributed by atoms with E-state index in [2.05, 4.69) is 22.6 Å². The van der Waals surface area contributed by atoms with Crippen molar-refractivity contribution in [2.45, 2.75) is 18.4 Å². The van der Waals surface area contributed by atoms with Gasteiger partial charge >= 0.3 is 5.97 Å². The van der Waals surface area contributed by atoms with Crippen LogP contribution in [0.1, 0.15) is 17.9 Å². The molecule has 1 aliphatic heterocycles. The van der Waals surface area contributed by atoms with E-state index in [1.807, 2.05) is 24.3 Å².